The second-order valence-electron chi connectivity index (χ2n) is 8.49. The molecular weight excluding hydrogens is 402 g/mol. The average Bonchev–Trinajstić information content (AvgIpc) is 3.21. The van der Waals surface area contributed by atoms with Crippen LogP contribution in [0.1, 0.15) is 41.3 Å². The number of esters is 1. The molecular formula is C23H26NO7+. The summed E-state index contributed by atoms with van der Waals surface area (Å²) in [5.74, 6) is 1.88. The number of methoxy groups -OCH3 is 2. The molecule has 0 saturated carbocycles. The molecule has 0 aromatic heterocycles. The minimum atomic E-state index is -0.601. The third-order valence-corrected chi connectivity index (χ3v) is 6.71. The highest BCUT2D eigenvalue weighted by molar-refractivity contribution is 5.67. The number of benzene rings is 2. The molecule has 3 heterocycles. The topological polar surface area (TPSA) is 83.5 Å². The molecule has 5 rings (SSSR count). The molecule has 8 heteroatoms. The maximum Gasteiger partial charge on any atom is 0.303 e. The lowest BCUT2D eigenvalue weighted by Crippen LogP contribution is -2.55. The Labute approximate surface area is 180 Å². The fourth-order valence-corrected chi connectivity index (χ4v) is 5.38. The highest BCUT2D eigenvalue weighted by Gasteiger charge is 2.53. The van der Waals surface area contributed by atoms with Crippen LogP contribution in [0, 0.1) is 0 Å². The van der Waals surface area contributed by atoms with Crippen LogP contribution >= 0.6 is 0 Å². The molecule has 0 amide bonds. The number of hydrogen-bond donors (Lipinski definition) is 1. The number of hydrogen-bond acceptors (Lipinski definition) is 7. The second-order valence-corrected chi connectivity index (χ2v) is 8.49. The van der Waals surface area contributed by atoms with E-state index in [0.29, 0.717) is 34.0 Å². The van der Waals surface area contributed by atoms with E-state index in [0.717, 1.165) is 35.2 Å². The molecule has 2 aromatic rings. The summed E-state index contributed by atoms with van der Waals surface area (Å²) < 4.78 is 28.7. The zero-order valence-electron chi connectivity index (χ0n) is 18.1. The predicted octanol–water partition coefficient (Wildman–Crippen LogP) is 3.00. The first-order valence-electron chi connectivity index (χ1n) is 10.3. The Morgan fingerprint density at radius 2 is 2.03 bits per heavy atom. The number of nitrogens with zero attached hydrogens (tertiary/aromatic N) is 1. The van der Waals surface area contributed by atoms with Gasteiger partial charge in [0.05, 0.1) is 38.9 Å². The SMILES string of the molecule is COc1ccc2c(c1OC)C[N+]1(C)CCc3cc4c(c(O)c3[C@@H]1[C@H]2OC(C)=O)OCO4. The molecule has 3 aliphatic heterocycles. The molecule has 0 saturated heterocycles. The molecule has 2 aromatic carbocycles. The van der Waals surface area contributed by atoms with Gasteiger partial charge in [-0.1, -0.05) is 6.07 Å². The lowest BCUT2D eigenvalue weighted by Gasteiger charge is -2.51. The molecule has 1 N–H and O–H groups in total. The largest absolute Gasteiger partial charge is 0.504 e. The van der Waals surface area contributed by atoms with Gasteiger partial charge in [0.2, 0.25) is 12.5 Å². The average molecular weight is 428 g/mol. The van der Waals surface area contributed by atoms with Crippen molar-refractivity contribution in [3.8, 4) is 28.7 Å². The first-order valence-corrected chi connectivity index (χ1v) is 10.3. The summed E-state index contributed by atoms with van der Waals surface area (Å²) in [6.07, 6.45) is 0.150. The van der Waals surface area contributed by atoms with E-state index < -0.39 is 6.10 Å². The summed E-state index contributed by atoms with van der Waals surface area (Å²) in [4.78, 5) is 12.2. The van der Waals surface area contributed by atoms with Crippen LogP contribution in [0.2, 0.25) is 0 Å². The molecule has 164 valence electrons. The van der Waals surface area contributed by atoms with Gasteiger partial charge in [-0.05, 0) is 17.7 Å². The molecule has 3 atom stereocenters. The highest BCUT2D eigenvalue weighted by Crippen LogP contribution is 2.58. The van der Waals surface area contributed by atoms with E-state index in [9.17, 15) is 9.90 Å². The van der Waals surface area contributed by atoms with E-state index in [1.54, 1.807) is 14.2 Å². The Hall–Kier alpha value is -3.13. The second kappa shape index (κ2) is 6.95. The number of likely N-dealkylation sites (N-methyl/N-ethyl adjacent to an activating group) is 1. The molecule has 0 fully saturated rings. The Kier molecular flexibility index (Phi) is 4.44. The molecule has 0 spiro atoms. The maximum atomic E-state index is 12.2. The van der Waals surface area contributed by atoms with Gasteiger partial charge in [0.1, 0.15) is 6.54 Å². The molecule has 0 bridgehead atoms. The summed E-state index contributed by atoms with van der Waals surface area (Å²) in [6.45, 7) is 2.93. The van der Waals surface area contributed by atoms with Crippen molar-refractivity contribution in [2.45, 2.75) is 32.0 Å². The smallest absolute Gasteiger partial charge is 0.303 e. The van der Waals surface area contributed by atoms with Crippen molar-refractivity contribution in [2.24, 2.45) is 0 Å². The predicted molar refractivity (Wildman–Crippen MR) is 109 cm³/mol. The van der Waals surface area contributed by atoms with Gasteiger partial charge in [0.15, 0.2) is 35.1 Å². The fourth-order valence-electron chi connectivity index (χ4n) is 5.38. The van der Waals surface area contributed by atoms with Crippen molar-refractivity contribution in [1.29, 1.82) is 0 Å². The van der Waals surface area contributed by atoms with Gasteiger partial charge in [0.25, 0.3) is 0 Å². The van der Waals surface area contributed by atoms with Crippen LogP contribution in [-0.4, -0.2) is 50.2 Å². The van der Waals surface area contributed by atoms with Crippen molar-refractivity contribution < 1.29 is 38.1 Å². The van der Waals surface area contributed by atoms with E-state index in [4.69, 9.17) is 23.7 Å². The van der Waals surface area contributed by atoms with Crippen molar-refractivity contribution in [3.05, 3.63) is 40.5 Å². The van der Waals surface area contributed by atoms with Crippen LogP contribution in [0.3, 0.4) is 0 Å². The monoisotopic (exact) mass is 428 g/mol. The van der Waals surface area contributed by atoms with Gasteiger partial charge < -0.3 is 33.3 Å². The van der Waals surface area contributed by atoms with Crippen LogP contribution in [0.25, 0.3) is 0 Å². The summed E-state index contributed by atoms with van der Waals surface area (Å²) in [7, 11) is 5.34. The third kappa shape index (κ3) is 2.81. The van der Waals surface area contributed by atoms with E-state index in [-0.39, 0.29) is 24.6 Å². The van der Waals surface area contributed by atoms with E-state index in [1.165, 1.54) is 6.92 Å². The normalized spacial score (nSPS) is 25.2. The lowest BCUT2D eigenvalue weighted by atomic mass is 9.79. The van der Waals surface area contributed by atoms with Crippen molar-refractivity contribution in [1.82, 2.24) is 0 Å². The van der Waals surface area contributed by atoms with Crippen LogP contribution in [0.5, 0.6) is 28.7 Å². The van der Waals surface area contributed by atoms with Gasteiger partial charge in [-0.3, -0.25) is 4.79 Å². The summed E-state index contributed by atoms with van der Waals surface area (Å²) in [5.41, 5.74) is 3.56. The van der Waals surface area contributed by atoms with Crippen molar-refractivity contribution >= 4 is 5.97 Å². The zero-order valence-corrected chi connectivity index (χ0v) is 18.1. The van der Waals surface area contributed by atoms with E-state index >= 15 is 0 Å². The Bertz CT molecular complexity index is 1080. The van der Waals surface area contributed by atoms with Gasteiger partial charge in [-0.25, -0.2) is 0 Å². The quantitative estimate of drug-likeness (QED) is 0.594. The molecule has 8 nitrogen and oxygen atoms in total. The number of phenols is 1. The summed E-state index contributed by atoms with van der Waals surface area (Å²) in [5, 5.41) is 11.2. The fraction of sp³-hybridized carbons (Fsp3) is 0.435. The molecule has 3 aliphatic rings. The number of carbonyl (C=O) groups excluding carboxylic acids is 1. The van der Waals surface area contributed by atoms with E-state index in [1.807, 2.05) is 18.2 Å². The minimum Gasteiger partial charge on any atom is -0.504 e. The molecule has 31 heavy (non-hydrogen) atoms. The third-order valence-electron chi connectivity index (χ3n) is 6.71. The Morgan fingerprint density at radius 3 is 2.74 bits per heavy atom. The Morgan fingerprint density at radius 1 is 1.23 bits per heavy atom. The maximum absolute atomic E-state index is 12.2. The number of rotatable bonds is 3. The van der Waals surface area contributed by atoms with Gasteiger partial charge in [-0.15, -0.1) is 0 Å². The Balaban J connectivity index is 1.75. The van der Waals surface area contributed by atoms with Gasteiger partial charge >= 0.3 is 5.97 Å². The first kappa shape index (κ1) is 19.8. The van der Waals surface area contributed by atoms with Crippen molar-refractivity contribution in [2.75, 3.05) is 34.6 Å². The van der Waals surface area contributed by atoms with Crippen LogP contribution in [-0.2, 0) is 22.5 Å². The number of aromatic hydroxyl groups is 1. The summed E-state index contributed by atoms with van der Waals surface area (Å²) in [6, 6.07) is 5.39. The molecule has 1 unspecified atom stereocenters. The van der Waals surface area contributed by atoms with E-state index in [2.05, 4.69) is 7.05 Å². The standard InChI is InChI=1S/C23H25NO7/c1-12(25)31-22-14-5-6-16(27-3)21(28-4)15(14)10-24(2)8-7-13-9-17-23(30-11-29-17)20(26)18(13)19(22)24/h5-6,9,19,22H,7-8,10-11H2,1-4H3/p+1/t19-,22+,24?/m1/s1. The number of carbonyl (C=O) groups is 1. The molecule has 0 radical (unpaired) electrons. The number of quaternary nitrogens is 1. The van der Waals surface area contributed by atoms with Crippen LogP contribution in [0.15, 0.2) is 18.2 Å². The van der Waals surface area contributed by atoms with Gasteiger partial charge in [0, 0.05) is 18.9 Å². The molecule has 0 aliphatic carbocycles. The zero-order chi connectivity index (χ0) is 21.9. The number of fused-ring (bicyclic) bond motifs is 5. The van der Waals surface area contributed by atoms with Crippen LogP contribution < -0.4 is 18.9 Å². The number of phenolic OH excluding ortho intramolecular Hbond substituents is 1. The van der Waals surface area contributed by atoms with Gasteiger partial charge in [-0.2, -0.15) is 0 Å². The summed E-state index contributed by atoms with van der Waals surface area (Å²) >= 11 is 0. The number of ether oxygens (including phenoxy) is 5. The van der Waals surface area contributed by atoms with Crippen LogP contribution in [0.4, 0.5) is 0 Å². The highest BCUT2D eigenvalue weighted by atomic mass is 16.7. The minimum absolute atomic E-state index is 0.0696. The van der Waals surface area contributed by atoms with Crippen molar-refractivity contribution in [3.63, 3.8) is 0 Å². The first-order chi connectivity index (χ1) is 14.9. The lowest BCUT2D eigenvalue weighted by molar-refractivity contribution is -0.960.